The lowest BCUT2D eigenvalue weighted by atomic mass is 10.1. The maximum absolute atomic E-state index is 13.9. The molecule has 3 aromatic rings. The number of amidine groups is 1. The average molecular weight is 516 g/mol. The van der Waals surface area contributed by atoms with E-state index in [1.165, 1.54) is 17.3 Å². The molecule has 0 N–H and O–H groups in total. The van der Waals surface area contributed by atoms with Crippen LogP contribution in [0.25, 0.3) is 0 Å². The van der Waals surface area contributed by atoms with Gasteiger partial charge in [0.15, 0.2) is 5.17 Å². The van der Waals surface area contributed by atoms with Gasteiger partial charge in [0.05, 0.1) is 18.8 Å². The third-order valence-electron chi connectivity index (χ3n) is 6.34. The molecule has 0 bridgehead atoms. The number of carbonyl (C=O) groups is 1. The Morgan fingerprint density at radius 2 is 1.67 bits per heavy atom. The van der Waals surface area contributed by atoms with Gasteiger partial charge in [0.2, 0.25) is 0 Å². The van der Waals surface area contributed by atoms with Crippen LogP contribution in [0.4, 0.5) is 5.69 Å². The van der Waals surface area contributed by atoms with Gasteiger partial charge in [-0.15, -0.1) is 0 Å². The summed E-state index contributed by atoms with van der Waals surface area (Å²) in [5.74, 6) is 0.837. The molecule has 0 unspecified atom stereocenters. The average Bonchev–Trinajstić information content (AvgIpc) is 3.44. The predicted molar refractivity (Wildman–Crippen MR) is 151 cm³/mol. The minimum Gasteiger partial charge on any atom is -0.497 e. The van der Waals surface area contributed by atoms with Gasteiger partial charge in [-0.3, -0.25) is 14.7 Å². The van der Waals surface area contributed by atoms with E-state index in [1.807, 2.05) is 53.4 Å². The zero-order valence-electron chi connectivity index (χ0n) is 20.7. The van der Waals surface area contributed by atoms with Crippen LogP contribution in [0.1, 0.15) is 31.0 Å². The summed E-state index contributed by atoms with van der Waals surface area (Å²) in [7, 11) is 1.68. The van der Waals surface area contributed by atoms with Gasteiger partial charge in [-0.25, -0.2) is 0 Å². The normalized spacial score (nSPS) is 19.2. The molecule has 184 valence electrons. The fourth-order valence-electron chi connectivity index (χ4n) is 4.36. The van der Waals surface area contributed by atoms with Crippen LogP contribution in [-0.2, 0) is 11.2 Å². The highest BCUT2D eigenvalue weighted by Crippen LogP contribution is 2.51. The second-order valence-electron chi connectivity index (χ2n) is 8.61. The number of amides is 1. The Labute approximate surface area is 221 Å². The Balaban J connectivity index is 1.50. The number of carbonyl (C=O) groups excluding carboxylic acids is 1. The van der Waals surface area contributed by atoms with Crippen molar-refractivity contribution >= 4 is 40.3 Å². The van der Waals surface area contributed by atoms with Gasteiger partial charge in [-0.2, -0.15) is 0 Å². The number of hydrogen-bond donors (Lipinski definition) is 0. The fraction of sp³-hybridized carbons (Fsp3) is 0.241. The van der Waals surface area contributed by atoms with E-state index in [9.17, 15) is 4.79 Å². The maximum Gasteiger partial charge on any atom is 0.269 e. The molecular formula is C29H29N3O2S2. The largest absolute Gasteiger partial charge is 0.497 e. The number of methoxy groups -OCH3 is 1. The third kappa shape index (κ3) is 4.90. The number of nitrogens with zero attached hydrogens (tertiary/aromatic N) is 3. The first-order valence-electron chi connectivity index (χ1n) is 12.1. The predicted octanol–water partition coefficient (Wildman–Crippen LogP) is 6.73. The summed E-state index contributed by atoms with van der Waals surface area (Å²) in [4.78, 5) is 24.9. The van der Waals surface area contributed by atoms with Crippen LogP contribution in [0.3, 0.4) is 0 Å². The molecule has 0 spiro atoms. The van der Waals surface area contributed by atoms with Gasteiger partial charge in [0, 0.05) is 24.1 Å². The van der Waals surface area contributed by atoms with Crippen molar-refractivity contribution in [2.45, 2.75) is 31.2 Å². The van der Waals surface area contributed by atoms with E-state index in [0.717, 1.165) is 50.0 Å². The van der Waals surface area contributed by atoms with Crippen LogP contribution in [-0.4, -0.2) is 36.2 Å². The van der Waals surface area contributed by atoms with E-state index >= 15 is 0 Å². The van der Waals surface area contributed by atoms with Gasteiger partial charge >= 0.3 is 0 Å². The topological polar surface area (TPSA) is 45.1 Å². The molecule has 7 heteroatoms. The molecular weight excluding hydrogens is 486 g/mol. The number of anilines is 1. The standard InChI is InChI=1S/C29H29N3O2S2/c1-4-31-24-19-23(34-3)15-16-25(24)35-28(31)26-27(33)32(18-17-21-11-7-5-8-12-21)29(36-26)30-20(2)22-13-9-6-10-14-22/h5-16,19-20H,4,17-18H2,1-3H3/b28-26-,30-29?/t20-/m0/s1. The number of hydrogen-bond acceptors (Lipinski definition) is 6. The Hall–Kier alpha value is -3.16. The molecule has 1 amide bonds. The van der Waals surface area contributed by atoms with Crippen molar-refractivity contribution in [3.63, 3.8) is 0 Å². The summed E-state index contributed by atoms with van der Waals surface area (Å²) in [6.45, 7) is 5.54. The lowest BCUT2D eigenvalue weighted by Gasteiger charge is -2.20. The molecule has 0 aromatic heterocycles. The van der Waals surface area contributed by atoms with Crippen LogP contribution in [0.15, 0.2) is 98.7 Å². The number of thioether (sulfide) groups is 2. The third-order valence-corrected chi connectivity index (χ3v) is 8.73. The molecule has 2 aliphatic heterocycles. The summed E-state index contributed by atoms with van der Waals surface area (Å²) >= 11 is 3.14. The molecule has 5 nitrogen and oxygen atoms in total. The Morgan fingerprint density at radius 1 is 0.944 bits per heavy atom. The smallest absolute Gasteiger partial charge is 0.269 e. The summed E-state index contributed by atoms with van der Waals surface area (Å²) in [5.41, 5.74) is 3.42. The highest BCUT2D eigenvalue weighted by Gasteiger charge is 2.39. The summed E-state index contributed by atoms with van der Waals surface area (Å²) in [5, 5.41) is 1.73. The van der Waals surface area contributed by atoms with Crippen LogP contribution >= 0.6 is 23.5 Å². The first kappa shape index (κ1) is 24.5. The minimum absolute atomic E-state index is 0.0238. The zero-order chi connectivity index (χ0) is 25.1. The van der Waals surface area contributed by atoms with Crippen LogP contribution in [0, 0.1) is 0 Å². The summed E-state index contributed by atoms with van der Waals surface area (Å²) < 4.78 is 5.46. The molecule has 1 saturated heterocycles. The van der Waals surface area contributed by atoms with Crippen molar-refractivity contribution in [3.8, 4) is 5.75 Å². The van der Waals surface area contributed by atoms with Gasteiger partial charge in [0.1, 0.15) is 15.7 Å². The zero-order valence-corrected chi connectivity index (χ0v) is 22.3. The molecule has 0 saturated carbocycles. The lowest BCUT2D eigenvalue weighted by Crippen LogP contribution is -2.32. The SMILES string of the molecule is CCN1/C(=C2/SC(=N[C@@H](C)c3ccccc3)N(CCc3ccccc3)C2=O)Sc2ccc(OC)cc21. The molecule has 5 rings (SSSR count). The van der Waals surface area contributed by atoms with Crippen molar-refractivity contribution in [2.24, 2.45) is 4.99 Å². The van der Waals surface area contributed by atoms with Crippen LogP contribution in [0.2, 0.25) is 0 Å². The number of benzene rings is 3. The Bertz CT molecular complexity index is 1310. The molecule has 1 atom stereocenters. The molecule has 3 aromatic carbocycles. The minimum atomic E-state index is -0.0509. The van der Waals surface area contributed by atoms with Crippen molar-refractivity contribution in [1.29, 1.82) is 0 Å². The number of aliphatic imine (C=N–C) groups is 1. The van der Waals surface area contributed by atoms with E-state index in [0.29, 0.717) is 6.54 Å². The van der Waals surface area contributed by atoms with Crippen LogP contribution < -0.4 is 9.64 Å². The van der Waals surface area contributed by atoms with E-state index in [1.54, 1.807) is 18.9 Å². The summed E-state index contributed by atoms with van der Waals surface area (Å²) in [6, 6.07) is 26.6. The molecule has 2 heterocycles. The van der Waals surface area contributed by atoms with E-state index in [4.69, 9.17) is 9.73 Å². The molecule has 1 fully saturated rings. The first-order chi connectivity index (χ1) is 17.6. The van der Waals surface area contributed by atoms with Crippen molar-refractivity contribution in [3.05, 3.63) is 99.9 Å². The summed E-state index contributed by atoms with van der Waals surface area (Å²) in [6.07, 6.45) is 0.774. The first-order valence-corrected chi connectivity index (χ1v) is 13.8. The van der Waals surface area contributed by atoms with Gasteiger partial charge < -0.3 is 9.64 Å². The molecule has 0 radical (unpaired) electrons. The quantitative estimate of drug-likeness (QED) is 0.327. The molecule has 36 heavy (non-hydrogen) atoms. The fourth-order valence-corrected chi connectivity index (χ4v) is 6.82. The Morgan fingerprint density at radius 3 is 2.36 bits per heavy atom. The van der Waals surface area contributed by atoms with Gasteiger partial charge in [-0.05, 0) is 55.3 Å². The number of rotatable bonds is 7. The van der Waals surface area contributed by atoms with Gasteiger partial charge in [-0.1, -0.05) is 72.4 Å². The Kier molecular flexibility index (Phi) is 7.39. The van der Waals surface area contributed by atoms with Crippen LogP contribution in [0.5, 0.6) is 5.75 Å². The van der Waals surface area contributed by atoms with Crippen molar-refractivity contribution in [2.75, 3.05) is 25.1 Å². The van der Waals surface area contributed by atoms with Crippen molar-refractivity contribution in [1.82, 2.24) is 4.90 Å². The molecule has 2 aliphatic rings. The second kappa shape index (κ2) is 10.8. The van der Waals surface area contributed by atoms with Crippen molar-refractivity contribution < 1.29 is 9.53 Å². The second-order valence-corrected chi connectivity index (χ2v) is 10.6. The van der Waals surface area contributed by atoms with E-state index in [-0.39, 0.29) is 11.9 Å². The molecule has 0 aliphatic carbocycles. The van der Waals surface area contributed by atoms with E-state index < -0.39 is 0 Å². The van der Waals surface area contributed by atoms with E-state index in [2.05, 4.69) is 49.1 Å². The van der Waals surface area contributed by atoms with Gasteiger partial charge in [0.25, 0.3) is 5.91 Å². The lowest BCUT2D eigenvalue weighted by molar-refractivity contribution is -0.122. The highest BCUT2D eigenvalue weighted by atomic mass is 32.2. The highest BCUT2D eigenvalue weighted by molar-refractivity contribution is 8.19. The number of ether oxygens (including phenoxy) is 1. The number of fused-ring (bicyclic) bond motifs is 1. The monoisotopic (exact) mass is 515 g/mol. The maximum atomic E-state index is 13.9.